The lowest BCUT2D eigenvalue weighted by atomic mass is 10.2. The van der Waals surface area contributed by atoms with Crippen molar-refractivity contribution in [3.8, 4) is 0 Å². The number of nitrogens with two attached hydrogens (primary N) is 1. The van der Waals surface area contributed by atoms with Gasteiger partial charge in [-0.25, -0.2) is 9.97 Å². The highest BCUT2D eigenvalue weighted by Gasteiger charge is 2.34. The quantitative estimate of drug-likeness (QED) is 0.413. The van der Waals surface area contributed by atoms with E-state index in [1.165, 1.54) is 24.4 Å². The summed E-state index contributed by atoms with van der Waals surface area (Å²) in [5.74, 6) is 0.0378. The molecule has 1 saturated heterocycles. The maximum atomic E-state index is 13.1. The van der Waals surface area contributed by atoms with Gasteiger partial charge in [0.15, 0.2) is 5.82 Å². The molecule has 0 saturated carbocycles. The fourth-order valence-electron chi connectivity index (χ4n) is 4.24. The molecule has 0 radical (unpaired) electrons. The van der Waals surface area contributed by atoms with E-state index in [0.29, 0.717) is 36.2 Å². The number of carbonyl (C=O) groups is 2. The second-order valence-electron chi connectivity index (χ2n) is 8.02. The van der Waals surface area contributed by atoms with Crippen molar-refractivity contribution in [1.82, 2.24) is 25.1 Å². The molecule has 0 spiro atoms. The fraction of sp³-hybridized carbons (Fsp3) is 0.333. The molecule has 5 N–H and O–H groups in total. The highest BCUT2D eigenvalue weighted by molar-refractivity contribution is 5.97. The molecular formula is C21H22FN9O2. The molecule has 1 aliphatic carbocycles. The van der Waals surface area contributed by atoms with Gasteiger partial charge in [0, 0.05) is 18.2 Å². The summed E-state index contributed by atoms with van der Waals surface area (Å²) in [6, 6.07) is 3.73. The largest absolute Gasteiger partial charge is 0.364 e. The minimum absolute atomic E-state index is 0.190. The molecule has 0 bridgehead atoms. The number of halogens is 1. The third-order valence-electron chi connectivity index (χ3n) is 5.82. The monoisotopic (exact) mass is 451 g/mol. The van der Waals surface area contributed by atoms with E-state index in [1.807, 2.05) is 4.90 Å². The van der Waals surface area contributed by atoms with Gasteiger partial charge in [-0.05, 0) is 44.2 Å². The molecule has 11 nitrogen and oxygen atoms in total. The Kier molecular flexibility index (Phi) is 5.32. The van der Waals surface area contributed by atoms with Crippen LogP contribution in [0.3, 0.4) is 0 Å². The van der Waals surface area contributed by atoms with Crippen molar-refractivity contribution in [2.24, 2.45) is 5.73 Å². The predicted molar refractivity (Wildman–Crippen MR) is 118 cm³/mol. The van der Waals surface area contributed by atoms with E-state index < -0.39 is 17.9 Å². The Morgan fingerprint density at radius 1 is 1.21 bits per heavy atom. The number of nitrogens with one attached hydrogen (secondary N) is 3. The second-order valence-corrected chi connectivity index (χ2v) is 8.02. The fourth-order valence-corrected chi connectivity index (χ4v) is 4.24. The van der Waals surface area contributed by atoms with Crippen LogP contribution in [0.15, 0.2) is 24.4 Å². The van der Waals surface area contributed by atoms with Gasteiger partial charge in [0.1, 0.15) is 17.6 Å². The summed E-state index contributed by atoms with van der Waals surface area (Å²) in [7, 11) is 0. The van der Waals surface area contributed by atoms with Gasteiger partial charge in [0.05, 0.1) is 17.6 Å². The molecule has 3 aromatic heterocycles. The second kappa shape index (κ2) is 8.45. The maximum Gasteiger partial charge on any atom is 0.266 e. The van der Waals surface area contributed by atoms with Crippen LogP contribution in [0.25, 0.3) is 0 Å². The summed E-state index contributed by atoms with van der Waals surface area (Å²) < 4.78 is 13.1. The molecule has 1 atom stereocenters. The van der Waals surface area contributed by atoms with Gasteiger partial charge in [0.2, 0.25) is 17.8 Å². The number of hydrogen-bond acceptors (Lipinski definition) is 8. The van der Waals surface area contributed by atoms with Crippen LogP contribution >= 0.6 is 0 Å². The first-order valence-corrected chi connectivity index (χ1v) is 10.7. The maximum absolute atomic E-state index is 13.1. The van der Waals surface area contributed by atoms with Crippen LogP contribution in [0.2, 0.25) is 0 Å². The normalized spacial score (nSPS) is 17.1. The number of aromatic nitrogens is 5. The van der Waals surface area contributed by atoms with E-state index in [-0.39, 0.29) is 11.6 Å². The summed E-state index contributed by atoms with van der Waals surface area (Å²) in [6.45, 7) is 0.631. The molecule has 170 valence electrons. The van der Waals surface area contributed by atoms with Gasteiger partial charge in [-0.15, -0.1) is 0 Å². The number of amides is 2. The Hall–Kier alpha value is -4.09. The van der Waals surface area contributed by atoms with Crippen molar-refractivity contribution >= 4 is 35.1 Å². The van der Waals surface area contributed by atoms with Gasteiger partial charge < -0.3 is 21.3 Å². The van der Waals surface area contributed by atoms with Crippen LogP contribution in [0, 0.1) is 5.95 Å². The molecule has 33 heavy (non-hydrogen) atoms. The number of pyridine rings is 1. The van der Waals surface area contributed by atoms with Crippen molar-refractivity contribution in [3.63, 3.8) is 0 Å². The van der Waals surface area contributed by atoms with Crippen molar-refractivity contribution in [3.05, 3.63) is 47.3 Å². The summed E-state index contributed by atoms with van der Waals surface area (Å²) >= 11 is 0. The minimum Gasteiger partial charge on any atom is -0.364 e. The third kappa shape index (κ3) is 4.19. The first-order chi connectivity index (χ1) is 16.0. The van der Waals surface area contributed by atoms with Crippen molar-refractivity contribution in [2.45, 2.75) is 38.1 Å². The van der Waals surface area contributed by atoms with Crippen LogP contribution < -0.4 is 21.3 Å². The van der Waals surface area contributed by atoms with Crippen LogP contribution in [-0.4, -0.2) is 49.6 Å². The standard InChI is InChI=1S/C21H22FN9O2/c22-16-7-6-11(10-24-16)25-20(33)15-5-2-8-31(15)21-26-13-4-1-3-12(13)19(28-21)27-17-9-14(18(23)32)29-30-17/h6-7,9-10,15H,1-5,8H2,(H2,23,32)(H,25,33)(H2,26,27,28,29,30)/t15-/m0/s1. The molecule has 1 aliphatic heterocycles. The Morgan fingerprint density at radius 2 is 2.09 bits per heavy atom. The van der Waals surface area contributed by atoms with Gasteiger partial charge in [-0.3, -0.25) is 14.7 Å². The molecule has 3 aromatic rings. The van der Waals surface area contributed by atoms with Crippen LogP contribution in [0.1, 0.15) is 41.0 Å². The topological polar surface area (TPSA) is 155 Å². The van der Waals surface area contributed by atoms with Crippen LogP contribution in [-0.2, 0) is 17.6 Å². The summed E-state index contributed by atoms with van der Waals surface area (Å²) in [6.07, 6.45) is 5.34. The molecular weight excluding hydrogens is 429 g/mol. The van der Waals surface area contributed by atoms with Crippen molar-refractivity contribution in [2.75, 3.05) is 22.1 Å². The molecule has 2 amide bonds. The Morgan fingerprint density at radius 3 is 2.85 bits per heavy atom. The van der Waals surface area contributed by atoms with Crippen LogP contribution in [0.5, 0.6) is 0 Å². The number of anilines is 4. The molecule has 2 aliphatic rings. The molecule has 1 fully saturated rings. The molecule has 5 rings (SSSR count). The zero-order valence-corrected chi connectivity index (χ0v) is 17.6. The van der Waals surface area contributed by atoms with Crippen molar-refractivity contribution in [1.29, 1.82) is 0 Å². The average Bonchev–Trinajstić information content (AvgIpc) is 3.55. The van der Waals surface area contributed by atoms with E-state index in [0.717, 1.165) is 36.9 Å². The number of fused-ring (bicyclic) bond motifs is 1. The van der Waals surface area contributed by atoms with E-state index in [2.05, 4.69) is 25.8 Å². The Labute approximate surface area is 188 Å². The van der Waals surface area contributed by atoms with Crippen LogP contribution in [0.4, 0.5) is 27.7 Å². The lowest BCUT2D eigenvalue weighted by molar-refractivity contribution is -0.117. The third-order valence-corrected chi connectivity index (χ3v) is 5.82. The summed E-state index contributed by atoms with van der Waals surface area (Å²) in [5, 5.41) is 12.6. The van der Waals surface area contributed by atoms with E-state index in [9.17, 15) is 14.0 Å². The van der Waals surface area contributed by atoms with Gasteiger partial charge >= 0.3 is 0 Å². The average molecular weight is 451 g/mol. The highest BCUT2D eigenvalue weighted by atomic mass is 19.1. The first-order valence-electron chi connectivity index (χ1n) is 10.7. The highest BCUT2D eigenvalue weighted by Crippen LogP contribution is 2.32. The molecule has 4 heterocycles. The Balaban J connectivity index is 1.40. The zero-order chi connectivity index (χ0) is 22.9. The molecule has 0 aromatic carbocycles. The number of carbonyl (C=O) groups excluding carboxylic acids is 2. The number of H-pyrrole nitrogens is 1. The number of rotatable bonds is 6. The summed E-state index contributed by atoms with van der Waals surface area (Å²) in [5.41, 5.74) is 7.84. The zero-order valence-electron chi connectivity index (χ0n) is 17.6. The van der Waals surface area contributed by atoms with E-state index in [1.54, 1.807) is 0 Å². The minimum atomic E-state index is -0.609. The number of aromatic amines is 1. The van der Waals surface area contributed by atoms with E-state index in [4.69, 9.17) is 15.7 Å². The molecule has 12 heteroatoms. The predicted octanol–water partition coefficient (Wildman–Crippen LogP) is 1.67. The number of aryl methyl sites for hydroxylation is 1. The number of nitrogens with zero attached hydrogens (tertiary/aromatic N) is 5. The number of hydrogen-bond donors (Lipinski definition) is 4. The van der Waals surface area contributed by atoms with Gasteiger partial charge in [-0.1, -0.05) is 0 Å². The van der Waals surface area contributed by atoms with Gasteiger partial charge in [-0.2, -0.15) is 14.5 Å². The Bertz CT molecular complexity index is 1210. The lowest BCUT2D eigenvalue weighted by Gasteiger charge is -2.25. The first kappa shape index (κ1) is 20.8. The van der Waals surface area contributed by atoms with Gasteiger partial charge in [0.25, 0.3) is 5.91 Å². The van der Waals surface area contributed by atoms with E-state index >= 15 is 0 Å². The summed E-state index contributed by atoms with van der Waals surface area (Å²) in [4.78, 5) is 39.2. The lowest BCUT2D eigenvalue weighted by Crippen LogP contribution is -2.40. The number of primary amides is 1. The SMILES string of the molecule is NC(=O)c1cc(Nc2nc(N3CCC[C@H]3C(=O)Nc3ccc(F)nc3)nc3c2CCC3)n[nH]1. The van der Waals surface area contributed by atoms with Crippen molar-refractivity contribution < 1.29 is 14.0 Å². The smallest absolute Gasteiger partial charge is 0.266 e. The molecule has 0 unspecified atom stereocenters.